The molecule has 1 aliphatic rings. The summed E-state index contributed by atoms with van der Waals surface area (Å²) >= 11 is 1.13. The Bertz CT molecular complexity index is 2030. The number of hydrogen-bond donors (Lipinski definition) is 0. The van der Waals surface area contributed by atoms with Gasteiger partial charge in [-0.25, -0.2) is 4.68 Å². The second-order valence-electron chi connectivity index (χ2n) is 9.41. The van der Waals surface area contributed by atoms with Crippen molar-refractivity contribution in [2.24, 2.45) is 0 Å². The SMILES string of the molecule is CC1Cc2cc(-c3nn(-c4ccccc4)cc3/C=c3\sc4nc(=O)c(-c5ccccc5)nn4c3=O)ccc2O1. The van der Waals surface area contributed by atoms with Crippen molar-refractivity contribution >= 4 is 22.4 Å². The Balaban J connectivity index is 1.41. The van der Waals surface area contributed by atoms with Crippen LogP contribution in [0.4, 0.5) is 0 Å². The van der Waals surface area contributed by atoms with E-state index in [1.807, 2.05) is 66.9 Å². The van der Waals surface area contributed by atoms with Crippen LogP contribution in [0.2, 0.25) is 0 Å². The van der Waals surface area contributed by atoms with E-state index in [9.17, 15) is 9.59 Å². The smallest absolute Gasteiger partial charge is 0.300 e. The minimum atomic E-state index is -0.471. The van der Waals surface area contributed by atoms with Crippen LogP contribution in [0.1, 0.15) is 18.1 Å². The molecule has 3 aromatic carbocycles. The first kappa shape index (κ1) is 23.2. The minimum absolute atomic E-state index is 0.133. The molecule has 0 aliphatic carbocycles. The Morgan fingerprint density at radius 2 is 1.69 bits per heavy atom. The number of thiazole rings is 1. The van der Waals surface area contributed by atoms with Crippen LogP contribution < -0.4 is 20.4 Å². The highest BCUT2D eigenvalue weighted by Crippen LogP contribution is 2.34. The van der Waals surface area contributed by atoms with Crippen LogP contribution in [0.25, 0.3) is 39.2 Å². The molecule has 0 saturated carbocycles. The topological polar surface area (TPSA) is 91.4 Å². The van der Waals surface area contributed by atoms with Gasteiger partial charge in [0.2, 0.25) is 4.96 Å². The summed E-state index contributed by atoms with van der Waals surface area (Å²) in [6, 6.07) is 24.9. The molecule has 4 heterocycles. The summed E-state index contributed by atoms with van der Waals surface area (Å²) in [6.07, 6.45) is 4.66. The highest BCUT2D eigenvalue weighted by Gasteiger charge is 2.21. The number of rotatable bonds is 4. The molecule has 0 spiro atoms. The average molecular weight is 532 g/mol. The van der Waals surface area contributed by atoms with E-state index < -0.39 is 5.56 Å². The fourth-order valence-electron chi connectivity index (χ4n) is 4.83. The van der Waals surface area contributed by atoms with Crippen molar-refractivity contribution in [1.82, 2.24) is 24.4 Å². The van der Waals surface area contributed by atoms with Gasteiger partial charge in [0.05, 0.1) is 10.2 Å². The number of fused-ring (bicyclic) bond motifs is 2. The molecule has 0 fully saturated rings. The van der Waals surface area contributed by atoms with E-state index in [-0.39, 0.29) is 22.3 Å². The van der Waals surface area contributed by atoms with Gasteiger partial charge in [0, 0.05) is 29.3 Å². The maximum atomic E-state index is 13.4. The molecular formula is C30H21N5O3S. The Morgan fingerprint density at radius 3 is 2.49 bits per heavy atom. The van der Waals surface area contributed by atoms with Crippen molar-refractivity contribution in [1.29, 1.82) is 0 Å². The zero-order chi connectivity index (χ0) is 26.5. The van der Waals surface area contributed by atoms with Gasteiger partial charge in [-0.1, -0.05) is 59.9 Å². The molecule has 1 unspecified atom stereocenters. The summed E-state index contributed by atoms with van der Waals surface area (Å²) in [6.45, 7) is 2.05. The van der Waals surface area contributed by atoms with E-state index in [1.165, 1.54) is 4.52 Å². The lowest BCUT2D eigenvalue weighted by Gasteiger charge is -2.04. The highest BCUT2D eigenvalue weighted by atomic mass is 32.1. The number of aromatic nitrogens is 5. The summed E-state index contributed by atoms with van der Waals surface area (Å²) in [4.78, 5) is 30.6. The van der Waals surface area contributed by atoms with Gasteiger partial charge >= 0.3 is 5.56 Å². The van der Waals surface area contributed by atoms with Crippen molar-refractivity contribution in [3.8, 4) is 34.0 Å². The average Bonchev–Trinajstić information content (AvgIpc) is 3.63. The third-order valence-corrected chi connectivity index (χ3v) is 7.61. The second-order valence-corrected chi connectivity index (χ2v) is 10.4. The summed E-state index contributed by atoms with van der Waals surface area (Å²) in [5.41, 5.74) is 4.40. The number of hydrogen-bond acceptors (Lipinski definition) is 7. The highest BCUT2D eigenvalue weighted by molar-refractivity contribution is 7.15. The Hall–Kier alpha value is -4.89. The van der Waals surface area contributed by atoms with Gasteiger partial charge in [-0.15, -0.1) is 0 Å². The lowest BCUT2D eigenvalue weighted by molar-refractivity contribution is 0.254. The van der Waals surface area contributed by atoms with Crippen molar-refractivity contribution < 1.29 is 4.74 Å². The van der Waals surface area contributed by atoms with Crippen molar-refractivity contribution in [3.05, 3.63) is 121 Å². The van der Waals surface area contributed by atoms with E-state index in [2.05, 4.69) is 23.1 Å². The molecule has 9 heteroatoms. The van der Waals surface area contributed by atoms with Crippen LogP contribution in [0.15, 0.2) is 94.6 Å². The van der Waals surface area contributed by atoms with Crippen molar-refractivity contribution in [2.75, 3.05) is 0 Å². The third-order valence-electron chi connectivity index (χ3n) is 6.65. The van der Waals surface area contributed by atoms with Gasteiger partial charge in [0.1, 0.15) is 17.5 Å². The van der Waals surface area contributed by atoms with Gasteiger partial charge in [-0.2, -0.15) is 19.7 Å². The lowest BCUT2D eigenvalue weighted by atomic mass is 10.0. The standard InChI is InChI=1S/C30H21N5O3S/c1-18-14-21-15-20(12-13-24(21)38-18)26-22(17-34(32-26)23-10-6-3-7-11-23)16-25-29(37)35-30(39-25)31-28(36)27(33-35)19-8-4-2-5-9-19/h2-13,15-18H,14H2,1H3/b25-16-. The zero-order valence-electron chi connectivity index (χ0n) is 20.8. The molecule has 7 rings (SSSR count). The molecule has 0 bridgehead atoms. The number of para-hydroxylation sites is 1. The Morgan fingerprint density at radius 1 is 0.923 bits per heavy atom. The van der Waals surface area contributed by atoms with Crippen LogP contribution in [0.3, 0.4) is 0 Å². The minimum Gasteiger partial charge on any atom is -0.490 e. The van der Waals surface area contributed by atoms with Crippen LogP contribution >= 0.6 is 11.3 Å². The predicted octanol–water partition coefficient (Wildman–Crippen LogP) is 3.90. The molecular weight excluding hydrogens is 510 g/mol. The molecule has 0 saturated heterocycles. The summed E-state index contributed by atoms with van der Waals surface area (Å²) in [5.74, 6) is 0.891. The van der Waals surface area contributed by atoms with Crippen molar-refractivity contribution in [3.63, 3.8) is 0 Å². The van der Waals surface area contributed by atoms with Gasteiger partial charge < -0.3 is 4.74 Å². The fourth-order valence-corrected chi connectivity index (χ4v) is 5.72. The van der Waals surface area contributed by atoms with Crippen LogP contribution in [0, 0.1) is 0 Å². The molecule has 6 aromatic rings. The molecule has 3 aromatic heterocycles. The molecule has 0 amide bonds. The Kier molecular flexibility index (Phi) is 5.45. The van der Waals surface area contributed by atoms with Gasteiger partial charge in [0.15, 0.2) is 5.69 Å². The largest absolute Gasteiger partial charge is 0.490 e. The van der Waals surface area contributed by atoms with E-state index in [0.29, 0.717) is 10.1 Å². The van der Waals surface area contributed by atoms with E-state index in [4.69, 9.17) is 9.84 Å². The van der Waals surface area contributed by atoms with Gasteiger partial charge in [-0.3, -0.25) is 9.59 Å². The quantitative estimate of drug-likeness (QED) is 0.343. The fraction of sp³-hybridized carbons (Fsp3) is 0.100. The molecule has 190 valence electrons. The first-order valence-corrected chi connectivity index (χ1v) is 13.3. The first-order chi connectivity index (χ1) is 19.0. The molecule has 1 aliphatic heterocycles. The maximum absolute atomic E-state index is 13.4. The van der Waals surface area contributed by atoms with Gasteiger partial charge in [-0.05, 0) is 48.9 Å². The number of ether oxygens (including phenoxy) is 1. The Labute approximate surface area is 226 Å². The predicted molar refractivity (Wildman–Crippen MR) is 150 cm³/mol. The number of benzene rings is 3. The van der Waals surface area contributed by atoms with Crippen LogP contribution in [-0.2, 0) is 6.42 Å². The second kappa shape index (κ2) is 9.14. The van der Waals surface area contributed by atoms with Crippen molar-refractivity contribution in [2.45, 2.75) is 19.4 Å². The van der Waals surface area contributed by atoms with Gasteiger partial charge in [0.25, 0.3) is 5.56 Å². The summed E-state index contributed by atoms with van der Waals surface area (Å²) in [5, 5.41) is 9.27. The van der Waals surface area contributed by atoms with E-state index >= 15 is 0 Å². The first-order valence-electron chi connectivity index (χ1n) is 12.5. The molecule has 39 heavy (non-hydrogen) atoms. The molecule has 0 radical (unpaired) electrons. The van der Waals surface area contributed by atoms with E-state index in [0.717, 1.165) is 51.6 Å². The van der Waals surface area contributed by atoms with Crippen LogP contribution in [0.5, 0.6) is 5.75 Å². The summed E-state index contributed by atoms with van der Waals surface area (Å²) in [7, 11) is 0. The monoisotopic (exact) mass is 531 g/mol. The van der Waals surface area contributed by atoms with E-state index in [1.54, 1.807) is 22.9 Å². The van der Waals surface area contributed by atoms with Crippen LogP contribution in [-0.4, -0.2) is 30.5 Å². The summed E-state index contributed by atoms with van der Waals surface area (Å²) < 4.78 is 9.30. The molecule has 8 nitrogen and oxygen atoms in total. The maximum Gasteiger partial charge on any atom is 0.300 e. The molecule has 1 atom stereocenters. The normalized spacial score (nSPS) is 15.0. The third kappa shape index (κ3) is 4.13. The number of nitrogens with zero attached hydrogens (tertiary/aromatic N) is 5. The zero-order valence-corrected chi connectivity index (χ0v) is 21.6. The lowest BCUT2D eigenvalue weighted by Crippen LogP contribution is -2.26. The molecule has 0 N–H and O–H groups in total.